The van der Waals surface area contributed by atoms with Crippen LogP contribution >= 0.6 is 0 Å². The van der Waals surface area contributed by atoms with E-state index < -0.39 is 0 Å². The molecule has 0 aromatic carbocycles. The van der Waals surface area contributed by atoms with Crippen LogP contribution in [0.15, 0.2) is 48.6 Å². The molecular formula is C12H16O. The van der Waals surface area contributed by atoms with E-state index >= 15 is 0 Å². The Labute approximate surface area is 80.2 Å². The van der Waals surface area contributed by atoms with E-state index in [1.54, 1.807) is 13.0 Å². The van der Waals surface area contributed by atoms with Gasteiger partial charge in [0.25, 0.3) is 0 Å². The van der Waals surface area contributed by atoms with Crippen molar-refractivity contribution in [2.45, 2.75) is 20.3 Å². The average Bonchev–Trinajstić information content (AvgIpc) is 2.04. The molecule has 0 atom stereocenters. The third-order valence-corrected chi connectivity index (χ3v) is 1.54. The molecule has 1 heteroatoms. The number of rotatable bonds is 5. The fraction of sp³-hybridized carbons (Fsp3) is 0.250. The van der Waals surface area contributed by atoms with Crippen LogP contribution in [0.2, 0.25) is 0 Å². The van der Waals surface area contributed by atoms with Gasteiger partial charge in [-0.1, -0.05) is 43.0 Å². The molecule has 0 spiro atoms. The average molecular weight is 176 g/mol. The summed E-state index contributed by atoms with van der Waals surface area (Å²) in [5.41, 5.74) is 1.64. The van der Waals surface area contributed by atoms with Crippen molar-refractivity contribution in [3.63, 3.8) is 0 Å². The summed E-state index contributed by atoms with van der Waals surface area (Å²) in [5, 5.41) is 0. The van der Waals surface area contributed by atoms with Gasteiger partial charge < -0.3 is 0 Å². The van der Waals surface area contributed by atoms with Gasteiger partial charge in [0.1, 0.15) is 0 Å². The van der Waals surface area contributed by atoms with Gasteiger partial charge >= 0.3 is 0 Å². The summed E-state index contributed by atoms with van der Waals surface area (Å²) in [6.07, 6.45) is 7.76. The largest absolute Gasteiger partial charge is 0.294 e. The fourth-order valence-corrected chi connectivity index (χ4v) is 0.761. The van der Waals surface area contributed by atoms with Gasteiger partial charge in [-0.15, -0.1) is 0 Å². The quantitative estimate of drug-likeness (QED) is 0.464. The second-order valence-corrected chi connectivity index (χ2v) is 3.01. The fourth-order valence-electron chi connectivity index (χ4n) is 0.761. The van der Waals surface area contributed by atoms with E-state index in [-0.39, 0.29) is 5.78 Å². The lowest BCUT2D eigenvalue weighted by Gasteiger charge is -1.98. The summed E-state index contributed by atoms with van der Waals surface area (Å²) in [4.78, 5) is 11.2. The Hall–Kier alpha value is -1.37. The van der Waals surface area contributed by atoms with Crippen molar-refractivity contribution in [3.8, 4) is 0 Å². The van der Waals surface area contributed by atoms with Gasteiger partial charge in [-0.3, -0.25) is 4.79 Å². The van der Waals surface area contributed by atoms with E-state index in [4.69, 9.17) is 0 Å². The summed E-state index contributed by atoms with van der Waals surface area (Å²) in [6, 6.07) is 0. The normalized spacial score (nSPS) is 11.7. The van der Waals surface area contributed by atoms with Crippen molar-refractivity contribution in [1.29, 1.82) is 0 Å². The zero-order valence-electron chi connectivity index (χ0n) is 8.34. The van der Waals surface area contributed by atoms with E-state index in [0.29, 0.717) is 12.0 Å². The molecule has 0 aromatic heterocycles. The zero-order chi connectivity index (χ0) is 10.3. The Bertz CT molecular complexity index is 267. The minimum atomic E-state index is 0.0979. The summed E-state index contributed by atoms with van der Waals surface area (Å²) >= 11 is 0. The molecule has 0 amide bonds. The zero-order valence-corrected chi connectivity index (χ0v) is 8.34. The Morgan fingerprint density at radius 3 is 2.38 bits per heavy atom. The topological polar surface area (TPSA) is 17.1 Å². The minimum Gasteiger partial charge on any atom is -0.294 e. The number of allylic oxidation sites excluding steroid dienone is 6. The van der Waals surface area contributed by atoms with Gasteiger partial charge in [-0.2, -0.15) is 0 Å². The van der Waals surface area contributed by atoms with Crippen LogP contribution in [0.1, 0.15) is 20.3 Å². The molecule has 0 aliphatic heterocycles. The summed E-state index contributed by atoms with van der Waals surface area (Å²) < 4.78 is 0. The highest BCUT2D eigenvalue weighted by atomic mass is 16.1. The van der Waals surface area contributed by atoms with Crippen LogP contribution in [0.3, 0.4) is 0 Å². The van der Waals surface area contributed by atoms with Crippen molar-refractivity contribution in [2.24, 2.45) is 0 Å². The monoisotopic (exact) mass is 176 g/mol. The maximum atomic E-state index is 11.2. The van der Waals surface area contributed by atoms with Crippen molar-refractivity contribution in [2.75, 3.05) is 0 Å². The van der Waals surface area contributed by atoms with Crippen molar-refractivity contribution < 1.29 is 4.79 Å². The van der Waals surface area contributed by atoms with Gasteiger partial charge in [0.05, 0.1) is 0 Å². The summed E-state index contributed by atoms with van der Waals surface area (Å²) in [5.74, 6) is 0.0979. The highest BCUT2D eigenvalue weighted by Gasteiger charge is 2.01. The molecule has 0 aliphatic rings. The molecule has 0 unspecified atom stereocenters. The van der Waals surface area contributed by atoms with Crippen LogP contribution in [0.25, 0.3) is 0 Å². The number of carbonyl (C=O) groups excluding carboxylic acids is 1. The van der Waals surface area contributed by atoms with E-state index in [1.165, 1.54) is 0 Å². The molecule has 13 heavy (non-hydrogen) atoms. The molecule has 0 bridgehead atoms. The second-order valence-electron chi connectivity index (χ2n) is 3.01. The predicted octanol–water partition coefficient (Wildman–Crippen LogP) is 3.21. The van der Waals surface area contributed by atoms with Gasteiger partial charge in [0.2, 0.25) is 0 Å². The Balaban J connectivity index is 4.14. The molecule has 0 aliphatic carbocycles. The molecule has 0 saturated heterocycles. The maximum absolute atomic E-state index is 11.2. The van der Waals surface area contributed by atoms with Gasteiger partial charge in [0, 0.05) is 6.42 Å². The first-order chi connectivity index (χ1) is 6.07. The van der Waals surface area contributed by atoms with Crippen LogP contribution in [-0.2, 0) is 4.79 Å². The highest BCUT2D eigenvalue weighted by Crippen LogP contribution is 2.05. The van der Waals surface area contributed by atoms with Crippen LogP contribution < -0.4 is 0 Å². The number of hydrogen-bond acceptors (Lipinski definition) is 1. The molecule has 1 nitrogen and oxygen atoms in total. The smallest absolute Gasteiger partial charge is 0.162 e. The third-order valence-electron chi connectivity index (χ3n) is 1.54. The van der Waals surface area contributed by atoms with Crippen LogP contribution in [0.4, 0.5) is 0 Å². The van der Waals surface area contributed by atoms with Gasteiger partial charge in [0.15, 0.2) is 5.78 Å². The van der Waals surface area contributed by atoms with E-state index in [1.807, 2.05) is 25.2 Å². The summed E-state index contributed by atoms with van der Waals surface area (Å²) in [6.45, 7) is 10.8. The molecule has 0 N–H and O–H groups in total. The molecular weight excluding hydrogens is 160 g/mol. The van der Waals surface area contributed by atoms with Gasteiger partial charge in [-0.05, 0) is 19.4 Å². The first-order valence-corrected chi connectivity index (χ1v) is 4.21. The standard InChI is InChI=1S/C12H16O/c1-5-6-7-8-11(4)9-12(13)10(2)3/h5-8H,1-2,9H2,3-4H3/b7-6-,11-8+. The Morgan fingerprint density at radius 2 is 1.92 bits per heavy atom. The maximum Gasteiger partial charge on any atom is 0.162 e. The molecule has 0 saturated carbocycles. The molecule has 0 aromatic rings. The molecule has 0 heterocycles. The predicted molar refractivity (Wildman–Crippen MR) is 57.5 cm³/mol. The van der Waals surface area contributed by atoms with Crippen molar-refractivity contribution in [3.05, 3.63) is 48.6 Å². The Morgan fingerprint density at radius 1 is 1.31 bits per heavy atom. The van der Waals surface area contributed by atoms with Crippen LogP contribution in [-0.4, -0.2) is 5.78 Å². The van der Waals surface area contributed by atoms with Crippen molar-refractivity contribution >= 4 is 5.78 Å². The van der Waals surface area contributed by atoms with E-state index in [9.17, 15) is 4.79 Å². The lowest BCUT2D eigenvalue weighted by Crippen LogP contribution is -1.98. The first-order valence-electron chi connectivity index (χ1n) is 4.21. The lowest BCUT2D eigenvalue weighted by atomic mass is 10.1. The Kier molecular flexibility index (Phi) is 5.53. The number of hydrogen-bond donors (Lipinski definition) is 0. The number of Topliss-reactive ketones (excluding diaryl/α,β-unsaturated/α-hetero) is 1. The first kappa shape index (κ1) is 11.6. The molecule has 70 valence electrons. The number of carbonyl (C=O) groups is 1. The highest BCUT2D eigenvalue weighted by molar-refractivity contribution is 5.95. The molecule has 0 radical (unpaired) electrons. The van der Waals surface area contributed by atoms with Crippen LogP contribution in [0.5, 0.6) is 0 Å². The number of ketones is 1. The minimum absolute atomic E-state index is 0.0979. The summed E-state index contributed by atoms with van der Waals surface area (Å²) in [7, 11) is 0. The second kappa shape index (κ2) is 6.18. The van der Waals surface area contributed by atoms with Crippen LogP contribution in [0, 0.1) is 0 Å². The lowest BCUT2D eigenvalue weighted by molar-refractivity contribution is -0.114. The SMILES string of the molecule is C=C/C=C\C=C(/C)CC(=O)C(=C)C. The van der Waals surface area contributed by atoms with E-state index in [0.717, 1.165) is 5.57 Å². The van der Waals surface area contributed by atoms with Crippen molar-refractivity contribution in [1.82, 2.24) is 0 Å². The van der Waals surface area contributed by atoms with Gasteiger partial charge in [-0.25, -0.2) is 0 Å². The molecule has 0 rings (SSSR count). The third kappa shape index (κ3) is 5.85. The van der Waals surface area contributed by atoms with E-state index in [2.05, 4.69) is 13.2 Å². The molecule has 0 fully saturated rings.